The van der Waals surface area contributed by atoms with E-state index >= 15 is 0 Å². The maximum absolute atomic E-state index is 3.77. The van der Waals surface area contributed by atoms with Crippen LogP contribution in [-0.4, -0.2) is 9.36 Å². The number of nitrogens with one attached hydrogen (secondary N) is 1. The largest absolute Gasteiger partial charge is 0.359 e. The minimum atomic E-state index is 0.750. The van der Waals surface area contributed by atoms with Gasteiger partial charge in [0.05, 0.1) is 0 Å². The highest BCUT2D eigenvalue weighted by Gasteiger charge is 1.84. The van der Waals surface area contributed by atoms with Gasteiger partial charge in [-0.3, -0.25) is 0 Å². The number of rotatable bonds is 1. The average molecular weight is 114 g/mol. The van der Waals surface area contributed by atoms with Crippen molar-refractivity contribution in [3.05, 3.63) is 13.4 Å². The first-order valence-electron chi connectivity index (χ1n) is 1.73. The van der Waals surface area contributed by atoms with Crippen molar-refractivity contribution in [2.24, 2.45) is 0 Å². The van der Waals surface area contributed by atoms with E-state index in [-0.39, 0.29) is 0 Å². The minimum Gasteiger partial charge on any atom is -0.359 e. The molecule has 3 nitrogen and oxygen atoms in total. The fraction of sp³-hybridized carbons (Fsp3) is 0. The van der Waals surface area contributed by atoms with E-state index in [4.69, 9.17) is 0 Å². The molecule has 4 heteroatoms. The molecule has 1 N–H and O–H groups in total. The van der Waals surface area contributed by atoms with Gasteiger partial charge in [-0.2, -0.15) is 4.37 Å². The van der Waals surface area contributed by atoms with Crippen molar-refractivity contribution in [2.45, 2.75) is 0 Å². The molecule has 0 amide bonds. The average Bonchev–Trinajstić information content (AvgIpc) is 2.14. The van der Waals surface area contributed by atoms with Gasteiger partial charge in [-0.1, -0.05) is 0 Å². The molecular weight excluding hydrogens is 110 g/mol. The Hall–Kier alpha value is -0.640. The number of aromatic nitrogens is 2. The molecule has 7 heavy (non-hydrogen) atoms. The lowest BCUT2D eigenvalue weighted by atomic mass is 11.1. The normalized spacial score (nSPS) is 8.71. The van der Waals surface area contributed by atoms with Crippen LogP contribution in [0.15, 0.2) is 6.33 Å². The molecule has 37 valence electrons. The van der Waals surface area contributed by atoms with E-state index in [9.17, 15) is 0 Å². The zero-order chi connectivity index (χ0) is 5.11. The van der Waals surface area contributed by atoms with Crippen LogP contribution in [0.3, 0.4) is 0 Å². The van der Waals surface area contributed by atoms with Crippen LogP contribution in [0.1, 0.15) is 0 Å². The molecule has 1 aromatic heterocycles. The van der Waals surface area contributed by atoms with Crippen LogP contribution in [0.5, 0.6) is 0 Å². The first-order valence-corrected chi connectivity index (χ1v) is 2.50. The van der Waals surface area contributed by atoms with E-state index in [1.54, 1.807) is 0 Å². The zero-order valence-electron chi connectivity index (χ0n) is 3.59. The van der Waals surface area contributed by atoms with Gasteiger partial charge in [0.1, 0.15) is 6.33 Å². The fourth-order valence-electron chi connectivity index (χ4n) is 0.251. The molecule has 0 aromatic carbocycles. The van der Waals surface area contributed by atoms with Crippen molar-refractivity contribution >= 4 is 16.7 Å². The monoisotopic (exact) mass is 114 g/mol. The fourth-order valence-corrected chi connectivity index (χ4v) is 0.604. The van der Waals surface area contributed by atoms with Crippen LogP contribution in [0.25, 0.3) is 0 Å². The Morgan fingerprint density at radius 3 is 3.00 bits per heavy atom. The third kappa shape index (κ3) is 0.866. The standard InChI is InChI=1S/C3H4N3S/c1-4-3-5-2-6-7-3/h2H,1H2,(H,4,5,6). The second-order valence-electron chi connectivity index (χ2n) is 0.923. The third-order valence-corrected chi connectivity index (χ3v) is 1.13. The number of hydrogen-bond donors (Lipinski definition) is 1. The Morgan fingerprint density at radius 2 is 2.71 bits per heavy atom. The molecular formula is C3H4N3S. The Bertz CT molecular complexity index is 125. The second-order valence-corrected chi connectivity index (χ2v) is 1.70. The number of hydrogen-bond acceptors (Lipinski definition) is 4. The SMILES string of the molecule is [CH2]Nc1ncns1. The molecule has 0 aliphatic carbocycles. The summed E-state index contributed by atoms with van der Waals surface area (Å²) in [6, 6.07) is 0. The summed E-state index contributed by atoms with van der Waals surface area (Å²) >= 11 is 1.29. The van der Waals surface area contributed by atoms with Crippen LogP contribution >= 0.6 is 11.5 Å². The van der Waals surface area contributed by atoms with Crippen LogP contribution in [0.2, 0.25) is 0 Å². The predicted molar refractivity (Wildman–Crippen MR) is 28.9 cm³/mol. The number of anilines is 1. The van der Waals surface area contributed by atoms with E-state index in [1.807, 2.05) is 0 Å². The third-order valence-electron chi connectivity index (χ3n) is 0.513. The second kappa shape index (κ2) is 1.88. The lowest BCUT2D eigenvalue weighted by Gasteiger charge is -1.81. The summed E-state index contributed by atoms with van der Waals surface area (Å²) in [6.45, 7) is 0. The highest BCUT2D eigenvalue weighted by molar-refractivity contribution is 7.09. The van der Waals surface area contributed by atoms with E-state index in [1.165, 1.54) is 17.9 Å². The summed E-state index contributed by atoms with van der Waals surface area (Å²) in [5, 5.41) is 3.35. The molecule has 1 heterocycles. The van der Waals surface area contributed by atoms with Gasteiger partial charge >= 0.3 is 0 Å². The lowest BCUT2D eigenvalue weighted by Crippen LogP contribution is -1.78. The van der Waals surface area contributed by atoms with Crippen molar-refractivity contribution < 1.29 is 0 Å². The van der Waals surface area contributed by atoms with E-state index in [0.717, 1.165) is 5.13 Å². The summed E-state index contributed by atoms with van der Waals surface area (Å²) in [5.74, 6) is 0. The van der Waals surface area contributed by atoms with Crippen molar-refractivity contribution in [1.29, 1.82) is 0 Å². The van der Waals surface area contributed by atoms with Gasteiger partial charge in [0, 0.05) is 18.6 Å². The Labute approximate surface area is 45.6 Å². The highest BCUT2D eigenvalue weighted by Crippen LogP contribution is 2.03. The molecule has 0 atom stereocenters. The summed E-state index contributed by atoms with van der Waals surface area (Å²) in [4.78, 5) is 3.77. The Morgan fingerprint density at radius 1 is 1.86 bits per heavy atom. The molecule has 0 aliphatic heterocycles. The molecule has 0 fully saturated rings. The van der Waals surface area contributed by atoms with Gasteiger partial charge in [0.25, 0.3) is 0 Å². The Kier molecular flexibility index (Phi) is 1.21. The Balaban J connectivity index is 2.76. The van der Waals surface area contributed by atoms with Gasteiger partial charge in [-0.05, 0) is 0 Å². The molecule has 0 aliphatic rings. The van der Waals surface area contributed by atoms with Gasteiger partial charge in [0.15, 0.2) is 0 Å². The smallest absolute Gasteiger partial charge is 0.202 e. The van der Waals surface area contributed by atoms with Gasteiger partial charge in [0.2, 0.25) is 5.13 Å². The van der Waals surface area contributed by atoms with Crippen LogP contribution in [-0.2, 0) is 0 Å². The van der Waals surface area contributed by atoms with Crippen LogP contribution in [0.4, 0.5) is 5.13 Å². The molecule has 0 saturated heterocycles. The first kappa shape index (κ1) is 4.52. The topological polar surface area (TPSA) is 37.8 Å². The molecule has 1 radical (unpaired) electrons. The molecule has 0 bridgehead atoms. The number of nitrogens with zero attached hydrogens (tertiary/aromatic N) is 2. The lowest BCUT2D eigenvalue weighted by molar-refractivity contribution is 1.32. The molecule has 0 saturated carbocycles. The van der Waals surface area contributed by atoms with Crippen LogP contribution in [0, 0.1) is 7.05 Å². The highest BCUT2D eigenvalue weighted by atomic mass is 32.1. The first-order chi connectivity index (χ1) is 3.43. The van der Waals surface area contributed by atoms with Gasteiger partial charge in [-0.25, -0.2) is 4.98 Å². The van der Waals surface area contributed by atoms with Crippen molar-refractivity contribution in [2.75, 3.05) is 5.32 Å². The van der Waals surface area contributed by atoms with Crippen molar-refractivity contribution in [3.63, 3.8) is 0 Å². The van der Waals surface area contributed by atoms with E-state index < -0.39 is 0 Å². The molecule has 0 unspecified atom stereocenters. The van der Waals surface area contributed by atoms with Gasteiger partial charge < -0.3 is 5.32 Å². The minimum absolute atomic E-state index is 0.750. The summed E-state index contributed by atoms with van der Waals surface area (Å²) < 4.78 is 3.72. The van der Waals surface area contributed by atoms with Crippen molar-refractivity contribution in [1.82, 2.24) is 9.36 Å². The molecule has 0 spiro atoms. The molecule has 1 aromatic rings. The molecule has 1 rings (SSSR count). The van der Waals surface area contributed by atoms with E-state index in [0.29, 0.717) is 0 Å². The zero-order valence-corrected chi connectivity index (χ0v) is 4.40. The van der Waals surface area contributed by atoms with E-state index in [2.05, 4.69) is 21.7 Å². The van der Waals surface area contributed by atoms with Crippen LogP contribution < -0.4 is 5.32 Å². The quantitative estimate of drug-likeness (QED) is 0.585. The summed E-state index contributed by atoms with van der Waals surface area (Å²) in [6.07, 6.45) is 1.48. The van der Waals surface area contributed by atoms with Gasteiger partial charge in [-0.15, -0.1) is 0 Å². The van der Waals surface area contributed by atoms with Crippen molar-refractivity contribution in [3.8, 4) is 0 Å². The maximum atomic E-state index is 3.77. The predicted octanol–water partition coefficient (Wildman–Crippen LogP) is 0.742. The summed E-state index contributed by atoms with van der Waals surface area (Å²) in [7, 11) is 3.39. The maximum Gasteiger partial charge on any atom is 0.202 e. The summed E-state index contributed by atoms with van der Waals surface area (Å²) in [5.41, 5.74) is 0.